The Labute approximate surface area is 89.5 Å². The predicted molar refractivity (Wildman–Crippen MR) is 58.0 cm³/mol. The molecule has 0 amide bonds. The van der Waals surface area contributed by atoms with Gasteiger partial charge in [0.25, 0.3) is 0 Å². The van der Waals surface area contributed by atoms with Crippen LogP contribution in [0.15, 0.2) is 24.3 Å². The third-order valence-electron chi connectivity index (χ3n) is 1.90. The predicted octanol–water partition coefficient (Wildman–Crippen LogP) is 2.88. The van der Waals surface area contributed by atoms with Crippen molar-refractivity contribution >= 4 is 11.6 Å². The summed E-state index contributed by atoms with van der Waals surface area (Å²) in [5, 5.41) is 0.119. The van der Waals surface area contributed by atoms with Crippen LogP contribution in [0.25, 0.3) is 0 Å². The molecule has 1 aromatic carbocycles. The molecule has 1 aromatic rings. The SMILES string of the molecule is CC(Cl)CN(C)Cc1cccc(F)c1. The Kier molecular flexibility index (Phi) is 4.36. The number of rotatable bonds is 4. The Morgan fingerprint density at radius 1 is 1.50 bits per heavy atom. The first-order valence-corrected chi connectivity index (χ1v) is 5.08. The van der Waals surface area contributed by atoms with E-state index in [1.54, 1.807) is 12.1 Å². The highest BCUT2D eigenvalue weighted by molar-refractivity contribution is 6.20. The van der Waals surface area contributed by atoms with Crippen molar-refractivity contribution in [3.8, 4) is 0 Å². The van der Waals surface area contributed by atoms with Crippen LogP contribution in [0.2, 0.25) is 0 Å². The second-order valence-electron chi connectivity index (χ2n) is 3.61. The molecule has 0 aromatic heterocycles. The van der Waals surface area contributed by atoms with Crippen LogP contribution in [0.1, 0.15) is 12.5 Å². The minimum Gasteiger partial charge on any atom is -0.301 e. The molecule has 0 bridgehead atoms. The van der Waals surface area contributed by atoms with Crippen molar-refractivity contribution in [3.63, 3.8) is 0 Å². The molecule has 0 aliphatic rings. The van der Waals surface area contributed by atoms with Crippen LogP contribution in [-0.2, 0) is 6.54 Å². The Hall–Kier alpha value is -0.600. The minimum absolute atomic E-state index is 0.119. The molecule has 0 heterocycles. The van der Waals surface area contributed by atoms with Crippen molar-refractivity contribution in [3.05, 3.63) is 35.6 Å². The molecule has 0 aliphatic heterocycles. The highest BCUT2D eigenvalue weighted by Gasteiger charge is 2.04. The summed E-state index contributed by atoms with van der Waals surface area (Å²) in [6.07, 6.45) is 0. The highest BCUT2D eigenvalue weighted by atomic mass is 35.5. The molecule has 0 saturated heterocycles. The van der Waals surface area contributed by atoms with Crippen molar-refractivity contribution < 1.29 is 4.39 Å². The van der Waals surface area contributed by atoms with E-state index in [0.29, 0.717) is 0 Å². The lowest BCUT2D eigenvalue weighted by molar-refractivity contribution is 0.329. The maximum atomic E-state index is 12.8. The summed E-state index contributed by atoms with van der Waals surface area (Å²) >= 11 is 5.85. The van der Waals surface area contributed by atoms with E-state index in [1.807, 2.05) is 20.0 Å². The largest absolute Gasteiger partial charge is 0.301 e. The van der Waals surface area contributed by atoms with E-state index in [1.165, 1.54) is 6.07 Å². The average molecular weight is 216 g/mol. The Morgan fingerprint density at radius 2 is 2.21 bits per heavy atom. The van der Waals surface area contributed by atoms with Gasteiger partial charge in [-0.3, -0.25) is 0 Å². The molecule has 1 rings (SSSR count). The van der Waals surface area contributed by atoms with Gasteiger partial charge in [0.1, 0.15) is 5.82 Å². The van der Waals surface area contributed by atoms with E-state index in [2.05, 4.69) is 4.90 Å². The van der Waals surface area contributed by atoms with Crippen molar-refractivity contribution in [1.29, 1.82) is 0 Å². The first-order chi connectivity index (χ1) is 6.58. The van der Waals surface area contributed by atoms with Crippen molar-refractivity contribution in [2.75, 3.05) is 13.6 Å². The average Bonchev–Trinajstić information content (AvgIpc) is 2.01. The van der Waals surface area contributed by atoms with Crippen LogP contribution in [0.3, 0.4) is 0 Å². The first-order valence-electron chi connectivity index (χ1n) is 4.65. The van der Waals surface area contributed by atoms with E-state index >= 15 is 0 Å². The van der Waals surface area contributed by atoms with E-state index in [0.717, 1.165) is 18.7 Å². The van der Waals surface area contributed by atoms with Gasteiger partial charge < -0.3 is 4.90 Å². The van der Waals surface area contributed by atoms with Crippen LogP contribution in [-0.4, -0.2) is 23.9 Å². The number of hydrogen-bond donors (Lipinski definition) is 0. The molecule has 0 aliphatic carbocycles. The fourth-order valence-corrected chi connectivity index (χ4v) is 1.68. The molecule has 1 unspecified atom stereocenters. The maximum Gasteiger partial charge on any atom is 0.123 e. The van der Waals surface area contributed by atoms with Crippen molar-refractivity contribution in [1.82, 2.24) is 4.90 Å². The Bertz CT molecular complexity index is 288. The normalized spacial score (nSPS) is 13.2. The molecule has 0 spiro atoms. The molecule has 0 saturated carbocycles. The van der Waals surface area contributed by atoms with Crippen molar-refractivity contribution in [2.45, 2.75) is 18.8 Å². The molecule has 78 valence electrons. The number of alkyl halides is 1. The molecule has 14 heavy (non-hydrogen) atoms. The van der Waals surface area contributed by atoms with Crippen LogP contribution in [0.5, 0.6) is 0 Å². The molecule has 0 N–H and O–H groups in total. The van der Waals surface area contributed by atoms with E-state index in [-0.39, 0.29) is 11.2 Å². The summed E-state index contributed by atoms with van der Waals surface area (Å²) in [4.78, 5) is 2.08. The van der Waals surface area contributed by atoms with Gasteiger partial charge in [-0.25, -0.2) is 4.39 Å². The minimum atomic E-state index is -0.185. The quantitative estimate of drug-likeness (QED) is 0.699. The van der Waals surface area contributed by atoms with Gasteiger partial charge in [-0.1, -0.05) is 12.1 Å². The van der Waals surface area contributed by atoms with Gasteiger partial charge in [-0.15, -0.1) is 11.6 Å². The lowest BCUT2D eigenvalue weighted by Gasteiger charge is -2.17. The maximum absolute atomic E-state index is 12.8. The standard InChI is InChI=1S/C11H15ClFN/c1-9(12)7-14(2)8-10-4-3-5-11(13)6-10/h3-6,9H,7-8H2,1-2H3. The van der Waals surface area contributed by atoms with Gasteiger partial charge >= 0.3 is 0 Å². The van der Waals surface area contributed by atoms with Gasteiger partial charge in [-0.05, 0) is 31.7 Å². The van der Waals surface area contributed by atoms with Gasteiger partial charge in [0.05, 0.1) is 0 Å². The summed E-state index contributed by atoms with van der Waals surface area (Å²) in [7, 11) is 1.98. The van der Waals surface area contributed by atoms with Gasteiger partial charge in [0, 0.05) is 18.5 Å². The lowest BCUT2D eigenvalue weighted by Crippen LogP contribution is -2.24. The second kappa shape index (κ2) is 5.32. The first kappa shape index (κ1) is 11.5. The van der Waals surface area contributed by atoms with E-state index < -0.39 is 0 Å². The summed E-state index contributed by atoms with van der Waals surface area (Å²) in [6, 6.07) is 6.64. The highest BCUT2D eigenvalue weighted by Crippen LogP contribution is 2.07. The van der Waals surface area contributed by atoms with Crippen LogP contribution >= 0.6 is 11.6 Å². The van der Waals surface area contributed by atoms with Crippen LogP contribution in [0, 0.1) is 5.82 Å². The third kappa shape index (κ3) is 4.07. The number of benzene rings is 1. The summed E-state index contributed by atoms with van der Waals surface area (Å²) < 4.78 is 12.8. The van der Waals surface area contributed by atoms with Crippen LogP contribution in [0.4, 0.5) is 4.39 Å². The van der Waals surface area contributed by atoms with Crippen molar-refractivity contribution in [2.24, 2.45) is 0 Å². The molecular formula is C11H15ClFN. The zero-order valence-corrected chi connectivity index (χ0v) is 9.26. The van der Waals surface area contributed by atoms with Gasteiger partial charge in [0.2, 0.25) is 0 Å². The molecule has 3 heteroatoms. The smallest absolute Gasteiger partial charge is 0.123 e. The zero-order valence-electron chi connectivity index (χ0n) is 8.50. The fraction of sp³-hybridized carbons (Fsp3) is 0.455. The third-order valence-corrected chi connectivity index (χ3v) is 2.04. The summed E-state index contributed by atoms with van der Waals surface area (Å²) in [5.41, 5.74) is 0.977. The van der Waals surface area contributed by atoms with Crippen LogP contribution < -0.4 is 0 Å². The number of hydrogen-bond acceptors (Lipinski definition) is 1. The Balaban J connectivity index is 2.51. The monoisotopic (exact) mass is 215 g/mol. The van der Waals surface area contributed by atoms with E-state index in [9.17, 15) is 4.39 Å². The Morgan fingerprint density at radius 3 is 2.79 bits per heavy atom. The summed E-state index contributed by atoms with van der Waals surface area (Å²) in [6.45, 7) is 3.48. The van der Waals surface area contributed by atoms with Gasteiger partial charge in [0.15, 0.2) is 0 Å². The number of halogens is 2. The molecule has 1 nitrogen and oxygen atoms in total. The summed E-state index contributed by atoms with van der Waals surface area (Å²) in [5.74, 6) is -0.185. The zero-order chi connectivity index (χ0) is 10.6. The molecular weight excluding hydrogens is 201 g/mol. The topological polar surface area (TPSA) is 3.24 Å². The second-order valence-corrected chi connectivity index (χ2v) is 4.35. The van der Waals surface area contributed by atoms with Gasteiger partial charge in [-0.2, -0.15) is 0 Å². The molecule has 0 radical (unpaired) electrons. The fourth-order valence-electron chi connectivity index (χ4n) is 1.44. The molecule has 0 fully saturated rings. The lowest BCUT2D eigenvalue weighted by atomic mass is 10.2. The van der Waals surface area contributed by atoms with E-state index in [4.69, 9.17) is 11.6 Å². The molecule has 1 atom stereocenters. The number of nitrogens with zero attached hydrogens (tertiary/aromatic N) is 1.